The van der Waals surface area contributed by atoms with Crippen molar-refractivity contribution in [3.05, 3.63) is 158 Å². The number of rotatable bonds is 14. The Hall–Kier alpha value is -3.04. The number of hydrogen-bond acceptors (Lipinski definition) is 0. The molecule has 2 aromatic carbocycles. The van der Waals surface area contributed by atoms with Crippen LogP contribution >= 0.6 is 63.7 Å². The summed E-state index contributed by atoms with van der Waals surface area (Å²) in [6.45, 7) is 4.56. The third-order valence-electron chi connectivity index (χ3n) is 10.6. The van der Waals surface area contributed by atoms with Gasteiger partial charge in [0.15, 0.2) is 0 Å². The van der Waals surface area contributed by atoms with Crippen molar-refractivity contribution in [2.75, 3.05) is 0 Å². The van der Waals surface area contributed by atoms with Crippen LogP contribution in [0.3, 0.4) is 0 Å². The lowest BCUT2D eigenvalue weighted by atomic mass is 10.0. The Morgan fingerprint density at radius 1 is 0.370 bits per heavy atom. The zero-order valence-corrected chi connectivity index (χ0v) is 37.4. The van der Waals surface area contributed by atoms with Gasteiger partial charge in [0.1, 0.15) is 0 Å². The van der Waals surface area contributed by atoms with Gasteiger partial charge in [0.05, 0.1) is 0 Å². The first-order chi connectivity index (χ1) is 26.4. The van der Waals surface area contributed by atoms with Gasteiger partial charge in [0, 0.05) is 84.3 Å². The summed E-state index contributed by atoms with van der Waals surface area (Å²) in [5.41, 5.74) is 11.5. The number of unbranched alkanes of at least 4 members (excludes halogenated alkanes) is 8. The number of hydrogen-bond donors (Lipinski definition) is 4. The molecule has 0 fully saturated rings. The minimum atomic E-state index is 0.974. The Balaban J connectivity index is 1.53. The van der Waals surface area contributed by atoms with Crippen LogP contribution in [0.15, 0.2) is 103 Å². The molecule has 54 heavy (non-hydrogen) atoms. The molecule has 0 radical (unpaired) electrons. The fourth-order valence-electron chi connectivity index (χ4n) is 7.81. The molecule has 7 rings (SSSR count). The number of halogens is 4. The topological polar surface area (TPSA) is 63.2 Å². The van der Waals surface area contributed by atoms with E-state index >= 15 is 0 Å². The molecule has 6 aromatic rings. The molecule has 4 aromatic heterocycles. The number of benzene rings is 2. The predicted octanol–water partition coefficient (Wildman–Crippen LogP) is 12.0. The van der Waals surface area contributed by atoms with Crippen LogP contribution < -0.4 is 21.4 Å². The highest BCUT2D eigenvalue weighted by molar-refractivity contribution is 9.11. The van der Waals surface area contributed by atoms with Crippen molar-refractivity contribution in [3.8, 4) is 0 Å². The molecule has 0 aliphatic carbocycles. The first kappa shape index (κ1) is 39.2. The Labute approximate surface area is 352 Å². The summed E-state index contributed by atoms with van der Waals surface area (Å²) in [6.07, 6.45) is 14.2. The fraction of sp³-hybridized carbons (Fsp3) is 0.304. The number of aromatic amines is 4. The van der Waals surface area contributed by atoms with Gasteiger partial charge in [-0.2, -0.15) is 0 Å². The van der Waals surface area contributed by atoms with Crippen molar-refractivity contribution >= 4 is 86.0 Å². The van der Waals surface area contributed by atoms with Crippen molar-refractivity contribution in [1.29, 1.82) is 0 Å². The Bertz CT molecular complexity index is 2280. The molecular weight excluding hydrogens is 928 g/mol. The third-order valence-corrected chi connectivity index (χ3v) is 13.3. The van der Waals surface area contributed by atoms with Crippen LogP contribution in [-0.4, -0.2) is 19.9 Å². The van der Waals surface area contributed by atoms with E-state index in [-0.39, 0.29) is 0 Å². The van der Waals surface area contributed by atoms with Gasteiger partial charge in [-0.15, -0.1) is 0 Å². The van der Waals surface area contributed by atoms with Gasteiger partial charge in [0.25, 0.3) is 0 Å². The molecule has 0 spiro atoms. The monoisotopic (exact) mass is 972 g/mol. The van der Waals surface area contributed by atoms with Crippen molar-refractivity contribution in [1.82, 2.24) is 19.9 Å². The summed E-state index contributed by atoms with van der Waals surface area (Å²) in [5.74, 6) is 0. The van der Waals surface area contributed by atoms with Crippen molar-refractivity contribution < 1.29 is 0 Å². The van der Waals surface area contributed by atoms with Gasteiger partial charge in [-0.3, -0.25) is 0 Å². The van der Waals surface area contributed by atoms with Gasteiger partial charge in [-0.05, 0) is 110 Å². The SMILES string of the molecule is CCCCCCCC1=c2ccc([nH]2)=C(c2c(Br)cccc2Br)c2ccc([nH]2)C(CCCCCCC)=c2ccc([nH]2)=C(c2c(Br)cccc2Br)c2ccc1[nH]2. The summed E-state index contributed by atoms with van der Waals surface area (Å²) in [7, 11) is 0. The molecular formula is C46H48Br4N4. The van der Waals surface area contributed by atoms with Gasteiger partial charge >= 0.3 is 0 Å². The molecule has 280 valence electrons. The smallest absolute Gasteiger partial charge is 0.0486 e. The summed E-state index contributed by atoms with van der Waals surface area (Å²) in [6, 6.07) is 30.7. The molecule has 8 bridgehead atoms. The van der Waals surface area contributed by atoms with E-state index in [0.29, 0.717) is 0 Å². The van der Waals surface area contributed by atoms with Crippen LogP contribution in [0.5, 0.6) is 0 Å². The van der Waals surface area contributed by atoms with E-state index in [1.54, 1.807) is 0 Å². The quantitative estimate of drug-likeness (QED) is 0.0786. The van der Waals surface area contributed by atoms with Gasteiger partial charge in [0.2, 0.25) is 0 Å². The van der Waals surface area contributed by atoms with Gasteiger partial charge < -0.3 is 19.9 Å². The lowest BCUT2D eigenvalue weighted by Crippen LogP contribution is -2.19. The normalized spacial score (nSPS) is 13.0. The highest BCUT2D eigenvalue weighted by atomic mass is 79.9. The van der Waals surface area contributed by atoms with E-state index in [1.165, 1.54) is 62.5 Å². The van der Waals surface area contributed by atoms with Crippen LogP contribution in [-0.2, 0) is 0 Å². The summed E-state index contributed by atoms with van der Waals surface area (Å²) in [4.78, 5) is 15.7. The maximum atomic E-state index is 3.93. The molecule has 0 amide bonds. The molecule has 0 saturated heterocycles. The second-order valence-electron chi connectivity index (χ2n) is 14.4. The van der Waals surface area contributed by atoms with E-state index in [2.05, 4.69) is 182 Å². The molecule has 0 saturated carbocycles. The van der Waals surface area contributed by atoms with E-state index in [9.17, 15) is 0 Å². The predicted molar refractivity (Wildman–Crippen MR) is 240 cm³/mol. The molecule has 4 nitrogen and oxygen atoms in total. The maximum Gasteiger partial charge on any atom is 0.0486 e. The van der Waals surface area contributed by atoms with E-state index in [0.717, 1.165) is 110 Å². The molecule has 0 atom stereocenters. The van der Waals surface area contributed by atoms with Crippen molar-refractivity contribution in [2.45, 2.75) is 90.9 Å². The lowest BCUT2D eigenvalue weighted by molar-refractivity contribution is 0.639. The van der Waals surface area contributed by atoms with Gasteiger partial charge in [-0.25, -0.2) is 0 Å². The maximum absolute atomic E-state index is 3.93. The van der Waals surface area contributed by atoms with Crippen LogP contribution in [0, 0.1) is 0 Å². The van der Waals surface area contributed by atoms with E-state index in [1.807, 2.05) is 0 Å². The van der Waals surface area contributed by atoms with E-state index < -0.39 is 0 Å². The van der Waals surface area contributed by atoms with Gasteiger partial charge in [-0.1, -0.05) is 141 Å². The number of H-pyrrole nitrogens is 4. The van der Waals surface area contributed by atoms with Crippen molar-refractivity contribution in [2.24, 2.45) is 0 Å². The lowest BCUT2D eigenvalue weighted by Gasteiger charge is -2.12. The second-order valence-corrected chi connectivity index (χ2v) is 17.8. The molecule has 5 heterocycles. The molecule has 0 unspecified atom stereocenters. The van der Waals surface area contributed by atoms with Crippen molar-refractivity contribution in [3.63, 3.8) is 0 Å². The molecule has 4 N–H and O–H groups in total. The average molecular weight is 977 g/mol. The Morgan fingerprint density at radius 3 is 1.11 bits per heavy atom. The van der Waals surface area contributed by atoms with Crippen LogP contribution in [0.1, 0.15) is 125 Å². The fourth-order valence-corrected chi connectivity index (χ4v) is 10.6. The Morgan fingerprint density at radius 2 is 0.722 bits per heavy atom. The minimum Gasteiger partial charge on any atom is -0.355 e. The summed E-state index contributed by atoms with van der Waals surface area (Å²) < 4.78 is 4.16. The van der Waals surface area contributed by atoms with E-state index in [4.69, 9.17) is 0 Å². The third kappa shape index (κ3) is 8.52. The molecule has 8 heteroatoms. The second kappa shape index (κ2) is 18.3. The highest BCUT2D eigenvalue weighted by Gasteiger charge is 2.20. The summed E-state index contributed by atoms with van der Waals surface area (Å²) >= 11 is 15.7. The minimum absolute atomic E-state index is 0.974. The Kier molecular flexibility index (Phi) is 13.3. The largest absolute Gasteiger partial charge is 0.355 e. The zero-order chi connectivity index (χ0) is 37.6. The number of aromatic nitrogens is 4. The molecule has 1 aliphatic heterocycles. The molecule has 1 aliphatic rings. The first-order valence-corrected chi connectivity index (χ1v) is 22.7. The average Bonchev–Trinajstić information content (AvgIpc) is 4.00. The van der Waals surface area contributed by atoms with Crippen LogP contribution in [0.25, 0.3) is 22.3 Å². The highest BCUT2D eigenvalue weighted by Crippen LogP contribution is 2.36. The summed E-state index contributed by atoms with van der Waals surface area (Å²) in [5, 5.41) is 4.42. The first-order valence-electron chi connectivity index (χ1n) is 19.5. The van der Waals surface area contributed by atoms with Crippen LogP contribution in [0.4, 0.5) is 0 Å². The number of nitrogens with one attached hydrogen (secondary N) is 4. The number of fused-ring (bicyclic) bond motifs is 8. The standard InChI is InChI=1S/C46H48Br4N4/c1-3-5-7-9-11-15-29-35-21-25-39(51-35)45(43-31(47)17-13-18-32(43)48)41-27-23-37(53-41)30(16-12-10-8-6-4-2)38-24-28-42(54-38)46(40-26-22-36(29)52-40)44-33(49)19-14-20-34(44)50/h13-14,17-28,51-54H,3-12,15-16H2,1-2H3. The zero-order valence-electron chi connectivity index (χ0n) is 31.1. The van der Waals surface area contributed by atoms with Crippen LogP contribution in [0.2, 0.25) is 0 Å².